The zero-order valence-corrected chi connectivity index (χ0v) is 12.1. The first kappa shape index (κ1) is 14.7. The number of benzene rings is 1. The van der Waals surface area contributed by atoms with Gasteiger partial charge in [-0.25, -0.2) is 17.9 Å². The lowest BCUT2D eigenvalue weighted by molar-refractivity contribution is 0.560. The molecule has 0 aliphatic heterocycles. The summed E-state index contributed by atoms with van der Waals surface area (Å²) in [6, 6.07) is 7.26. The largest absolute Gasteiger partial charge is 0.423 e. The fourth-order valence-corrected chi connectivity index (χ4v) is 2.99. The van der Waals surface area contributed by atoms with Gasteiger partial charge in [0.1, 0.15) is 5.58 Å². The maximum atomic E-state index is 12.1. The van der Waals surface area contributed by atoms with Crippen molar-refractivity contribution in [2.45, 2.75) is 31.1 Å². The van der Waals surface area contributed by atoms with Crippen LogP contribution in [0.5, 0.6) is 0 Å². The Balaban J connectivity index is 2.23. The molecule has 1 N–H and O–H groups in total. The number of fused-ring (bicyclic) bond motifs is 1. The highest BCUT2D eigenvalue weighted by molar-refractivity contribution is 7.89. The van der Waals surface area contributed by atoms with Gasteiger partial charge in [-0.1, -0.05) is 19.8 Å². The smallest absolute Gasteiger partial charge is 0.336 e. The van der Waals surface area contributed by atoms with Crippen molar-refractivity contribution < 1.29 is 12.8 Å². The molecular weight excluding hydrogens is 278 g/mol. The molecule has 0 radical (unpaired) electrons. The lowest BCUT2D eigenvalue weighted by Gasteiger charge is -2.07. The van der Waals surface area contributed by atoms with E-state index < -0.39 is 15.6 Å². The van der Waals surface area contributed by atoms with Gasteiger partial charge in [0, 0.05) is 18.0 Å². The van der Waals surface area contributed by atoms with Gasteiger partial charge >= 0.3 is 5.63 Å². The van der Waals surface area contributed by atoms with Gasteiger partial charge in [0.25, 0.3) is 0 Å². The summed E-state index contributed by atoms with van der Waals surface area (Å²) in [5, 5.41) is 0.584. The Bertz CT molecular complexity index is 749. The van der Waals surface area contributed by atoms with Gasteiger partial charge < -0.3 is 4.42 Å². The third-order valence-corrected chi connectivity index (χ3v) is 4.43. The SMILES string of the molecule is CCCCCNS(=O)(=O)c1ccc2oc(=O)ccc2c1. The van der Waals surface area contributed by atoms with E-state index in [9.17, 15) is 13.2 Å². The summed E-state index contributed by atoms with van der Waals surface area (Å²) in [6.45, 7) is 2.49. The van der Waals surface area contributed by atoms with E-state index in [4.69, 9.17) is 4.42 Å². The van der Waals surface area contributed by atoms with Crippen LogP contribution in [0.25, 0.3) is 11.0 Å². The maximum absolute atomic E-state index is 12.1. The van der Waals surface area contributed by atoms with Crippen LogP contribution < -0.4 is 10.3 Å². The molecule has 0 saturated heterocycles. The van der Waals surface area contributed by atoms with Crippen LogP contribution >= 0.6 is 0 Å². The van der Waals surface area contributed by atoms with Crippen molar-refractivity contribution in [2.75, 3.05) is 6.54 Å². The maximum Gasteiger partial charge on any atom is 0.336 e. The molecule has 5 nitrogen and oxygen atoms in total. The van der Waals surface area contributed by atoms with E-state index in [0.717, 1.165) is 19.3 Å². The molecule has 2 rings (SSSR count). The van der Waals surface area contributed by atoms with Gasteiger partial charge in [-0.15, -0.1) is 0 Å². The van der Waals surface area contributed by atoms with E-state index in [0.29, 0.717) is 17.5 Å². The van der Waals surface area contributed by atoms with Crippen molar-refractivity contribution in [1.82, 2.24) is 4.72 Å². The summed E-state index contributed by atoms with van der Waals surface area (Å²) in [7, 11) is -3.51. The topological polar surface area (TPSA) is 76.4 Å². The first-order valence-electron chi connectivity index (χ1n) is 6.56. The Kier molecular flexibility index (Phi) is 4.57. The minimum atomic E-state index is -3.51. The fraction of sp³-hybridized carbons (Fsp3) is 0.357. The molecule has 0 unspecified atom stereocenters. The Morgan fingerprint density at radius 3 is 2.70 bits per heavy atom. The second-order valence-electron chi connectivity index (χ2n) is 4.56. The van der Waals surface area contributed by atoms with Crippen LogP contribution in [0.1, 0.15) is 26.2 Å². The predicted octanol–water partition coefficient (Wildman–Crippen LogP) is 2.26. The molecule has 20 heavy (non-hydrogen) atoms. The highest BCUT2D eigenvalue weighted by Gasteiger charge is 2.14. The molecule has 1 aromatic carbocycles. The summed E-state index contributed by atoms with van der Waals surface area (Å²) in [5.74, 6) is 0. The quantitative estimate of drug-likeness (QED) is 0.655. The number of sulfonamides is 1. The lowest BCUT2D eigenvalue weighted by Crippen LogP contribution is -2.24. The molecule has 0 saturated carbocycles. The molecule has 1 heterocycles. The number of hydrogen-bond acceptors (Lipinski definition) is 4. The molecule has 0 aliphatic carbocycles. The van der Waals surface area contributed by atoms with Gasteiger partial charge in [-0.2, -0.15) is 0 Å². The summed E-state index contributed by atoms with van der Waals surface area (Å²) >= 11 is 0. The molecule has 6 heteroatoms. The summed E-state index contributed by atoms with van der Waals surface area (Å²) in [6.07, 6.45) is 2.85. The van der Waals surface area contributed by atoms with Crippen LogP contribution in [0.4, 0.5) is 0 Å². The van der Waals surface area contributed by atoms with Crippen LogP contribution in [0.15, 0.2) is 44.4 Å². The molecule has 0 atom stereocenters. The normalized spacial score (nSPS) is 11.8. The molecule has 0 bridgehead atoms. The minimum absolute atomic E-state index is 0.176. The molecule has 0 amide bonds. The average Bonchev–Trinajstić information content (AvgIpc) is 2.43. The minimum Gasteiger partial charge on any atom is -0.423 e. The number of rotatable bonds is 6. The van der Waals surface area contributed by atoms with Crippen LogP contribution in [-0.4, -0.2) is 15.0 Å². The molecule has 0 aliphatic rings. The number of unbranched alkanes of at least 4 members (excludes halogenated alkanes) is 2. The Labute approximate surface area is 117 Å². The Hall–Kier alpha value is -1.66. The molecule has 0 spiro atoms. The van der Waals surface area contributed by atoms with E-state index in [1.165, 1.54) is 24.3 Å². The fourth-order valence-electron chi connectivity index (χ4n) is 1.88. The zero-order chi connectivity index (χ0) is 14.6. The van der Waals surface area contributed by atoms with E-state index >= 15 is 0 Å². The van der Waals surface area contributed by atoms with Crippen molar-refractivity contribution in [2.24, 2.45) is 0 Å². The summed E-state index contributed by atoms with van der Waals surface area (Å²) < 4.78 is 31.7. The van der Waals surface area contributed by atoms with Gasteiger partial charge in [0.05, 0.1) is 4.90 Å². The summed E-state index contributed by atoms with van der Waals surface area (Å²) in [5.41, 5.74) is -0.0757. The van der Waals surface area contributed by atoms with E-state index in [1.807, 2.05) is 0 Å². The highest BCUT2D eigenvalue weighted by Crippen LogP contribution is 2.17. The van der Waals surface area contributed by atoms with E-state index in [-0.39, 0.29) is 4.90 Å². The van der Waals surface area contributed by atoms with Gasteiger partial charge in [0.15, 0.2) is 0 Å². The van der Waals surface area contributed by atoms with E-state index in [2.05, 4.69) is 11.6 Å². The molecular formula is C14H17NO4S. The van der Waals surface area contributed by atoms with Gasteiger partial charge in [0.2, 0.25) is 10.0 Å². The van der Waals surface area contributed by atoms with Gasteiger partial charge in [-0.05, 0) is 30.7 Å². The number of nitrogens with one attached hydrogen (secondary N) is 1. The third-order valence-electron chi connectivity index (χ3n) is 2.97. The lowest BCUT2D eigenvalue weighted by atomic mass is 10.2. The van der Waals surface area contributed by atoms with Crippen LogP contribution in [0, 0.1) is 0 Å². The standard InChI is InChI=1S/C14H17NO4S/c1-2-3-4-9-15-20(17,18)12-6-7-13-11(10-12)5-8-14(16)19-13/h5-8,10,15H,2-4,9H2,1H3. The van der Waals surface area contributed by atoms with Crippen LogP contribution in [0.2, 0.25) is 0 Å². The molecule has 1 aromatic heterocycles. The van der Waals surface area contributed by atoms with Gasteiger partial charge in [-0.3, -0.25) is 0 Å². The van der Waals surface area contributed by atoms with Crippen molar-refractivity contribution in [1.29, 1.82) is 0 Å². The van der Waals surface area contributed by atoms with Crippen molar-refractivity contribution in [3.63, 3.8) is 0 Å². The Morgan fingerprint density at radius 1 is 1.15 bits per heavy atom. The van der Waals surface area contributed by atoms with Crippen LogP contribution in [-0.2, 0) is 10.0 Å². The Morgan fingerprint density at radius 2 is 1.95 bits per heavy atom. The molecule has 0 fully saturated rings. The van der Waals surface area contributed by atoms with E-state index in [1.54, 1.807) is 6.07 Å². The highest BCUT2D eigenvalue weighted by atomic mass is 32.2. The van der Waals surface area contributed by atoms with Crippen molar-refractivity contribution in [3.8, 4) is 0 Å². The summed E-state index contributed by atoms with van der Waals surface area (Å²) in [4.78, 5) is 11.2. The molecule has 108 valence electrons. The van der Waals surface area contributed by atoms with Crippen molar-refractivity contribution in [3.05, 3.63) is 40.8 Å². The first-order chi connectivity index (χ1) is 9.53. The second kappa shape index (κ2) is 6.19. The van der Waals surface area contributed by atoms with Crippen LogP contribution in [0.3, 0.4) is 0 Å². The second-order valence-corrected chi connectivity index (χ2v) is 6.33. The first-order valence-corrected chi connectivity index (χ1v) is 8.05. The molecule has 2 aromatic rings. The zero-order valence-electron chi connectivity index (χ0n) is 11.3. The monoisotopic (exact) mass is 295 g/mol. The van der Waals surface area contributed by atoms with Crippen molar-refractivity contribution >= 4 is 21.0 Å². The number of hydrogen-bond donors (Lipinski definition) is 1. The predicted molar refractivity (Wildman–Crippen MR) is 77.2 cm³/mol. The third kappa shape index (κ3) is 3.46. The average molecular weight is 295 g/mol.